The zero-order chi connectivity index (χ0) is 16.8. The monoisotopic (exact) mass is 333 g/mol. The third-order valence-electron chi connectivity index (χ3n) is 5.71. The first-order valence-electron chi connectivity index (χ1n) is 9.90. The van der Waals surface area contributed by atoms with Crippen molar-refractivity contribution in [2.45, 2.75) is 64.6 Å². The van der Waals surface area contributed by atoms with Crippen LogP contribution in [-0.4, -0.2) is 59.7 Å². The molecule has 4 nitrogen and oxygen atoms in total. The SMILES string of the molecule is CC(C)CCN(C1CCOCC1)C1CCN(Cc2ccc[nH]2)CC1. The molecular formula is C20H35N3O. The standard InChI is InChI=1S/C20H35N3O/c1-17(2)5-13-23(20-8-14-24-15-9-20)19-6-11-22(12-7-19)16-18-4-3-10-21-18/h3-4,10,17,19-21H,5-9,11-16H2,1-2H3. The van der Waals surface area contributed by atoms with Crippen LogP contribution >= 0.6 is 0 Å². The highest BCUT2D eigenvalue weighted by atomic mass is 16.5. The summed E-state index contributed by atoms with van der Waals surface area (Å²) >= 11 is 0. The van der Waals surface area contributed by atoms with E-state index in [9.17, 15) is 0 Å². The van der Waals surface area contributed by atoms with Gasteiger partial charge in [-0.1, -0.05) is 13.8 Å². The molecule has 0 aromatic carbocycles. The highest BCUT2D eigenvalue weighted by molar-refractivity contribution is 5.03. The van der Waals surface area contributed by atoms with Crippen molar-refractivity contribution in [2.75, 3.05) is 32.8 Å². The summed E-state index contributed by atoms with van der Waals surface area (Å²) in [5.74, 6) is 0.792. The Hall–Kier alpha value is -0.840. The Balaban J connectivity index is 1.53. The number of aromatic amines is 1. The van der Waals surface area contributed by atoms with Crippen molar-refractivity contribution in [1.82, 2.24) is 14.8 Å². The summed E-state index contributed by atoms with van der Waals surface area (Å²) in [6.07, 6.45) is 8.43. The van der Waals surface area contributed by atoms with Crippen LogP contribution in [0.5, 0.6) is 0 Å². The van der Waals surface area contributed by atoms with E-state index in [-0.39, 0.29) is 0 Å². The van der Waals surface area contributed by atoms with Crippen LogP contribution in [-0.2, 0) is 11.3 Å². The first kappa shape index (κ1) is 18.0. The zero-order valence-electron chi connectivity index (χ0n) is 15.5. The second-order valence-corrected chi connectivity index (χ2v) is 7.97. The minimum Gasteiger partial charge on any atom is -0.381 e. The molecule has 2 fully saturated rings. The molecule has 2 saturated heterocycles. The summed E-state index contributed by atoms with van der Waals surface area (Å²) in [5.41, 5.74) is 1.34. The fraction of sp³-hybridized carbons (Fsp3) is 0.800. The van der Waals surface area contributed by atoms with Crippen molar-refractivity contribution in [3.63, 3.8) is 0 Å². The normalized spacial score (nSPS) is 21.8. The highest BCUT2D eigenvalue weighted by Gasteiger charge is 2.30. The number of piperidine rings is 1. The summed E-state index contributed by atoms with van der Waals surface area (Å²) < 4.78 is 5.60. The van der Waals surface area contributed by atoms with E-state index < -0.39 is 0 Å². The van der Waals surface area contributed by atoms with Gasteiger partial charge in [-0.05, 0) is 56.7 Å². The Labute approximate surface area is 147 Å². The second kappa shape index (κ2) is 9.02. The van der Waals surface area contributed by atoms with E-state index >= 15 is 0 Å². The number of ether oxygens (including phenoxy) is 1. The van der Waals surface area contributed by atoms with Gasteiger partial charge in [0.2, 0.25) is 0 Å². The van der Waals surface area contributed by atoms with Crippen molar-refractivity contribution in [3.05, 3.63) is 24.0 Å². The van der Waals surface area contributed by atoms with Crippen LogP contribution in [0.25, 0.3) is 0 Å². The first-order chi connectivity index (χ1) is 11.7. The van der Waals surface area contributed by atoms with E-state index in [2.05, 4.69) is 40.8 Å². The molecule has 0 unspecified atom stereocenters. The molecule has 0 aliphatic carbocycles. The maximum absolute atomic E-state index is 5.60. The lowest BCUT2D eigenvalue weighted by Crippen LogP contribution is -2.50. The molecule has 24 heavy (non-hydrogen) atoms. The molecule has 136 valence electrons. The van der Waals surface area contributed by atoms with Crippen molar-refractivity contribution < 1.29 is 4.74 Å². The van der Waals surface area contributed by atoms with Gasteiger partial charge in [-0.25, -0.2) is 0 Å². The average molecular weight is 334 g/mol. The molecule has 2 aliphatic heterocycles. The molecule has 2 aliphatic rings. The first-order valence-corrected chi connectivity index (χ1v) is 9.90. The summed E-state index contributed by atoms with van der Waals surface area (Å²) in [6.45, 7) is 11.4. The number of nitrogens with zero attached hydrogens (tertiary/aromatic N) is 2. The summed E-state index contributed by atoms with van der Waals surface area (Å²) in [7, 11) is 0. The van der Waals surface area contributed by atoms with Crippen molar-refractivity contribution >= 4 is 0 Å². The van der Waals surface area contributed by atoms with E-state index in [1.165, 1.54) is 57.4 Å². The fourth-order valence-electron chi connectivity index (χ4n) is 4.20. The van der Waals surface area contributed by atoms with Crippen molar-refractivity contribution in [2.24, 2.45) is 5.92 Å². The topological polar surface area (TPSA) is 31.5 Å². The van der Waals surface area contributed by atoms with E-state index in [1.807, 2.05) is 6.20 Å². The third kappa shape index (κ3) is 5.08. The van der Waals surface area contributed by atoms with Gasteiger partial charge in [0.05, 0.1) is 0 Å². The van der Waals surface area contributed by atoms with E-state index in [0.29, 0.717) is 0 Å². The summed E-state index contributed by atoms with van der Waals surface area (Å²) in [6, 6.07) is 5.81. The number of nitrogens with one attached hydrogen (secondary N) is 1. The van der Waals surface area contributed by atoms with Crippen molar-refractivity contribution in [1.29, 1.82) is 0 Å². The van der Waals surface area contributed by atoms with Crippen LogP contribution in [0, 0.1) is 5.92 Å². The maximum atomic E-state index is 5.60. The minimum absolute atomic E-state index is 0.748. The van der Waals surface area contributed by atoms with Gasteiger partial charge in [0.1, 0.15) is 0 Å². The fourth-order valence-corrected chi connectivity index (χ4v) is 4.20. The molecule has 3 heterocycles. The second-order valence-electron chi connectivity index (χ2n) is 7.97. The molecule has 3 rings (SSSR count). The molecule has 1 N–H and O–H groups in total. The lowest BCUT2D eigenvalue weighted by molar-refractivity contribution is -0.000698. The highest BCUT2D eigenvalue weighted by Crippen LogP contribution is 2.25. The van der Waals surface area contributed by atoms with Crippen LogP contribution in [0.15, 0.2) is 18.3 Å². The Morgan fingerprint density at radius 1 is 1.17 bits per heavy atom. The number of aromatic nitrogens is 1. The van der Waals surface area contributed by atoms with Gasteiger partial charge in [-0.15, -0.1) is 0 Å². The van der Waals surface area contributed by atoms with Gasteiger partial charge in [-0.2, -0.15) is 0 Å². The summed E-state index contributed by atoms with van der Waals surface area (Å²) in [4.78, 5) is 8.80. The third-order valence-corrected chi connectivity index (χ3v) is 5.71. The van der Waals surface area contributed by atoms with Gasteiger partial charge in [0.15, 0.2) is 0 Å². The van der Waals surface area contributed by atoms with Gasteiger partial charge in [0, 0.05) is 56.8 Å². The van der Waals surface area contributed by atoms with E-state index in [4.69, 9.17) is 4.74 Å². The van der Waals surface area contributed by atoms with Crippen LogP contribution in [0.1, 0.15) is 51.6 Å². The molecular weight excluding hydrogens is 298 g/mol. The smallest absolute Gasteiger partial charge is 0.0480 e. The Morgan fingerprint density at radius 3 is 2.50 bits per heavy atom. The molecule has 1 aromatic rings. The minimum atomic E-state index is 0.748. The van der Waals surface area contributed by atoms with Crippen LogP contribution < -0.4 is 0 Å². The lowest BCUT2D eigenvalue weighted by Gasteiger charge is -2.44. The van der Waals surface area contributed by atoms with Gasteiger partial charge in [-0.3, -0.25) is 9.80 Å². The Bertz CT molecular complexity index is 445. The number of rotatable bonds is 7. The molecule has 4 heteroatoms. The molecule has 0 radical (unpaired) electrons. The predicted molar refractivity (Wildman–Crippen MR) is 99.1 cm³/mol. The molecule has 0 atom stereocenters. The molecule has 0 saturated carbocycles. The Morgan fingerprint density at radius 2 is 1.88 bits per heavy atom. The molecule has 1 aromatic heterocycles. The van der Waals surface area contributed by atoms with Crippen LogP contribution in [0.4, 0.5) is 0 Å². The molecule has 0 amide bonds. The van der Waals surface area contributed by atoms with E-state index in [1.54, 1.807) is 0 Å². The number of hydrogen-bond acceptors (Lipinski definition) is 3. The maximum Gasteiger partial charge on any atom is 0.0480 e. The van der Waals surface area contributed by atoms with Crippen LogP contribution in [0.2, 0.25) is 0 Å². The zero-order valence-corrected chi connectivity index (χ0v) is 15.5. The number of hydrogen-bond donors (Lipinski definition) is 1. The van der Waals surface area contributed by atoms with Crippen LogP contribution in [0.3, 0.4) is 0 Å². The molecule has 0 bridgehead atoms. The Kier molecular flexibility index (Phi) is 6.75. The van der Waals surface area contributed by atoms with Gasteiger partial charge >= 0.3 is 0 Å². The van der Waals surface area contributed by atoms with Crippen molar-refractivity contribution in [3.8, 4) is 0 Å². The largest absolute Gasteiger partial charge is 0.381 e. The average Bonchev–Trinajstić information content (AvgIpc) is 3.10. The summed E-state index contributed by atoms with van der Waals surface area (Å²) in [5, 5.41) is 0. The van der Waals surface area contributed by atoms with Gasteiger partial charge in [0.25, 0.3) is 0 Å². The van der Waals surface area contributed by atoms with Gasteiger partial charge < -0.3 is 9.72 Å². The predicted octanol–water partition coefficient (Wildman–Crippen LogP) is 3.51. The van der Waals surface area contributed by atoms with E-state index in [0.717, 1.165) is 37.8 Å². The number of likely N-dealkylation sites (tertiary alicyclic amines) is 1. The molecule has 0 spiro atoms. The quantitative estimate of drug-likeness (QED) is 0.828. The lowest BCUT2D eigenvalue weighted by atomic mass is 9.96. The number of H-pyrrole nitrogens is 1.